The van der Waals surface area contributed by atoms with Crippen LogP contribution in [0.25, 0.3) is 0 Å². The minimum Gasteiger partial charge on any atom is -0.411 e. The number of aliphatic hydroxyl groups excluding tert-OH is 1. The third-order valence-electron chi connectivity index (χ3n) is 5.68. The molecule has 2 fully saturated rings. The molecular formula is C16H30O5Si. The zero-order chi connectivity index (χ0) is 17.0. The Morgan fingerprint density at radius 2 is 1.95 bits per heavy atom. The Labute approximate surface area is 134 Å². The quantitative estimate of drug-likeness (QED) is 0.405. The molecule has 22 heavy (non-hydrogen) atoms. The maximum atomic E-state index is 10.8. The van der Waals surface area contributed by atoms with Gasteiger partial charge in [0.05, 0.1) is 12.7 Å². The molecule has 3 N–H and O–H groups in total. The molecule has 0 aromatic rings. The molecule has 1 heterocycles. The van der Waals surface area contributed by atoms with Gasteiger partial charge in [-0.15, -0.1) is 6.58 Å². The van der Waals surface area contributed by atoms with E-state index in [2.05, 4.69) is 40.4 Å². The monoisotopic (exact) mass is 330 g/mol. The molecule has 0 bridgehead atoms. The predicted octanol–water partition coefficient (Wildman–Crippen LogP) is 1.58. The van der Waals surface area contributed by atoms with E-state index in [0.29, 0.717) is 0 Å². The molecule has 1 saturated carbocycles. The molecule has 6 heteroatoms. The van der Waals surface area contributed by atoms with Crippen molar-refractivity contribution in [3.63, 3.8) is 0 Å². The van der Waals surface area contributed by atoms with Crippen LogP contribution in [0.1, 0.15) is 33.6 Å². The van der Waals surface area contributed by atoms with Gasteiger partial charge in [0.2, 0.25) is 0 Å². The Bertz CT molecular complexity index is 446. The highest BCUT2D eigenvalue weighted by atomic mass is 28.4. The van der Waals surface area contributed by atoms with Gasteiger partial charge in [-0.05, 0) is 24.6 Å². The number of epoxide rings is 1. The molecule has 0 unspecified atom stereocenters. The van der Waals surface area contributed by atoms with Crippen LogP contribution in [0.5, 0.6) is 0 Å². The summed E-state index contributed by atoms with van der Waals surface area (Å²) in [5.41, 5.74) is -3.13. The van der Waals surface area contributed by atoms with Crippen LogP contribution in [-0.4, -0.2) is 59.8 Å². The topological polar surface area (TPSA) is 82.5 Å². The van der Waals surface area contributed by atoms with E-state index in [4.69, 9.17) is 9.16 Å². The summed E-state index contributed by atoms with van der Waals surface area (Å²) in [6.07, 6.45) is 0.874. The molecule has 128 valence electrons. The first-order chi connectivity index (χ1) is 9.92. The molecule has 5 atom stereocenters. The van der Waals surface area contributed by atoms with E-state index in [-0.39, 0.29) is 30.1 Å². The highest BCUT2D eigenvalue weighted by Crippen LogP contribution is 2.52. The van der Waals surface area contributed by atoms with Gasteiger partial charge in [-0.2, -0.15) is 0 Å². The van der Waals surface area contributed by atoms with Crippen LogP contribution in [0.2, 0.25) is 18.1 Å². The second kappa shape index (κ2) is 5.39. The van der Waals surface area contributed by atoms with Gasteiger partial charge in [0.15, 0.2) is 8.32 Å². The lowest BCUT2D eigenvalue weighted by atomic mass is 9.69. The lowest BCUT2D eigenvalue weighted by Gasteiger charge is -2.48. The predicted molar refractivity (Wildman–Crippen MR) is 87.1 cm³/mol. The molecule has 0 aromatic heterocycles. The number of ether oxygens (including phenoxy) is 1. The Morgan fingerprint density at radius 1 is 1.36 bits per heavy atom. The van der Waals surface area contributed by atoms with Crippen LogP contribution in [0.3, 0.4) is 0 Å². The van der Waals surface area contributed by atoms with Crippen molar-refractivity contribution >= 4 is 8.32 Å². The number of rotatable bonds is 5. The summed E-state index contributed by atoms with van der Waals surface area (Å²) in [6, 6.07) is 0. The van der Waals surface area contributed by atoms with Gasteiger partial charge in [-0.1, -0.05) is 26.8 Å². The van der Waals surface area contributed by atoms with Gasteiger partial charge in [0.25, 0.3) is 0 Å². The fourth-order valence-electron chi connectivity index (χ4n) is 3.07. The van der Waals surface area contributed by atoms with Crippen molar-refractivity contribution in [2.75, 3.05) is 6.61 Å². The van der Waals surface area contributed by atoms with E-state index < -0.39 is 32.2 Å². The van der Waals surface area contributed by atoms with Crippen molar-refractivity contribution in [3.8, 4) is 0 Å². The molecule has 1 saturated heterocycles. The Hall–Kier alpha value is -0.243. The van der Waals surface area contributed by atoms with Gasteiger partial charge in [-0.3, -0.25) is 0 Å². The largest absolute Gasteiger partial charge is 0.411 e. The summed E-state index contributed by atoms with van der Waals surface area (Å²) < 4.78 is 12.0. The SMILES string of the molecule is C=CC[C@]1(O)[C@H]2O[C@H]2[C@H](O[Si](C)(C)C(C)(C)C)C[C@]1(O)CO. The lowest BCUT2D eigenvalue weighted by Crippen LogP contribution is -2.66. The van der Waals surface area contributed by atoms with E-state index >= 15 is 0 Å². The maximum Gasteiger partial charge on any atom is 0.192 e. The molecule has 1 aliphatic heterocycles. The van der Waals surface area contributed by atoms with Crippen LogP contribution in [0.15, 0.2) is 12.7 Å². The second-order valence-electron chi connectivity index (χ2n) is 8.25. The van der Waals surface area contributed by atoms with Crippen molar-refractivity contribution in [2.24, 2.45) is 0 Å². The summed E-state index contributed by atoms with van der Waals surface area (Å²) >= 11 is 0. The first kappa shape index (κ1) is 18.1. The molecule has 0 amide bonds. The van der Waals surface area contributed by atoms with Gasteiger partial charge in [-0.25, -0.2) is 0 Å². The molecule has 2 aliphatic rings. The molecule has 0 spiro atoms. The third kappa shape index (κ3) is 2.70. The van der Waals surface area contributed by atoms with Crippen molar-refractivity contribution in [1.29, 1.82) is 0 Å². The highest BCUT2D eigenvalue weighted by molar-refractivity contribution is 6.74. The lowest BCUT2D eigenvalue weighted by molar-refractivity contribution is -0.200. The zero-order valence-electron chi connectivity index (χ0n) is 14.3. The van der Waals surface area contributed by atoms with Crippen LogP contribution < -0.4 is 0 Å². The van der Waals surface area contributed by atoms with Gasteiger partial charge < -0.3 is 24.5 Å². The summed E-state index contributed by atoms with van der Waals surface area (Å²) in [5, 5.41) is 31.4. The Morgan fingerprint density at radius 3 is 2.41 bits per heavy atom. The Kier molecular flexibility index (Phi) is 4.44. The molecule has 0 aromatic carbocycles. The molecule has 0 radical (unpaired) electrons. The second-order valence-corrected chi connectivity index (χ2v) is 13.0. The van der Waals surface area contributed by atoms with Crippen molar-refractivity contribution < 1.29 is 24.5 Å². The van der Waals surface area contributed by atoms with Crippen LogP contribution in [0.4, 0.5) is 0 Å². The van der Waals surface area contributed by atoms with Gasteiger partial charge >= 0.3 is 0 Å². The highest BCUT2D eigenvalue weighted by Gasteiger charge is 2.70. The number of fused-ring (bicyclic) bond motifs is 1. The third-order valence-corrected chi connectivity index (χ3v) is 10.2. The molecular weight excluding hydrogens is 300 g/mol. The molecule has 2 rings (SSSR count). The van der Waals surface area contributed by atoms with E-state index in [0.717, 1.165) is 0 Å². The van der Waals surface area contributed by atoms with Crippen molar-refractivity contribution in [3.05, 3.63) is 12.7 Å². The smallest absolute Gasteiger partial charge is 0.192 e. The summed E-state index contributed by atoms with van der Waals surface area (Å²) in [4.78, 5) is 0. The standard InChI is InChI=1S/C16H30O5Si/c1-7-8-16(19)13-12(20-13)11(9-15(16,18)10-17)21-22(5,6)14(2,3)4/h7,11-13,17-19H,1,8-10H2,2-6H3/t11-,12+,13+,15+,16+/m1/s1. The fourth-order valence-corrected chi connectivity index (χ4v) is 4.40. The summed E-state index contributed by atoms with van der Waals surface area (Å²) in [7, 11) is -2.02. The van der Waals surface area contributed by atoms with Crippen LogP contribution in [0, 0.1) is 0 Å². The minimum absolute atomic E-state index is 0.0452. The van der Waals surface area contributed by atoms with E-state index in [9.17, 15) is 15.3 Å². The van der Waals surface area contributed by atoms with Crippen molar-refractivity contribution in [2.45, 2.75) is 81.3 Å². The average Bonchev–Trinajstić information content (AvgIpc) is 3.16. The summed E-state index contributed by atoms with van der Waals surface area (Å²) in [5.74, 6) is 0. The molecule has 1 aliphatic carbocycles. The maximum absolute atomic E-state index is 10.8. The number of hydrogen-bond acceptors (Lipinski definition) is 5. The van der Waals surface area contributed by atoms with Crippen LogP contribution >= 0.6 is 0 Å². The number of aliphatic hydroxyl groups is 3. The first-order valence-corrected chi connectivity index (χ1v) is 10.8. The summed E-state index contributed by atoms with van der Waals surface area (Å²) in [6.45, 7) is 13.9. The van der Waals surface area contributed by atoms with E-state index in [1.807, 2.05) is 0 Å². The normalized spacial score (nSPS) is 41.9. The van der Waals surface area contributed by atoms with Crippen LogP contribution in [-0.2, 0) is 9.16 Å². The van der Waals surface area contributed by atoms with Gasteiger partial charge in [0.1, 0.15) is 23.4 Å². The van der Waals surface area contributed by atoms with E-state index in [1.54, 1.807) is 6.08 Å². The zero-order valence-corrected chi connectivity index (χ0v) is 15.3. The average molecular weight is 330 g/mol. The van der Waals surface area contributed by atoms with Gasteiger partial charge in [0, 0.05) is 6.42 Å². The van der Waals surface area contributed by atoms with Crippen molar-refractivity contribution in [1.82, 2.24) is 0 Å². The fraction of sp³-hybridized carbons (Fsp3) is 0.875. The first-order valence-electron chi connectivity index (χ1n) is 7.92. The Balaban J connectivity index is 2.22. The van der Waals surface area contributed by atoms with E-state index in [1.165, 1.54) is 0 Å². The minimum atomic E-state index is -2.02. The molecule has 5 nitrogen and oxygen atoms in total. The number of hydrogen-bond donors (Lipinski definition) is 3.